The van der Waals surface area contributed by atoms with E-state index in [1.165, 1.54) is 10.6 Å². The third-order valence-electron chi connectivity index (χ3n) is 5.66. The number of amides is 2. The summed E-state index contributed by atoms with van der Waals surface area (Å²) in [6.45, 7) is 1.41. The molecular formula is C23H24N4O3. The number of carbonyl (C=O) groups excluding carboxylic acids is 2. The number of pyridine rings is 1. The van der Waals surface area contributed by atoms with Crippen LogP contribution >= 0.6 is 0 Å². The molecule has 1 aliphatic rings. The molecule has 2 amide bonds. The molecule has 1 atom stereocenters. The zero-order valence-electron chi connectivity index (χ0n) is 16.8. The fourth-order valence-electron chi connectivity index (χ4n) is 4.12. The number of nitrogens with zero attached hydrogens (tertiary/aromatic N) is 2. The van der Waals surface area contributed by atoms with E-state index in [0.29, 0.717) is 23.3 Å². The van der Waals surface area contributed by atoms with Gasteiger partial charge in [0, 0.05) is 30.7 Å². The molecule has 4 rings (SSSR count). The molecule has 2 aromatic carbocycles. The van der Waals surface area contributed by atoms with E-state index in [0.717, 1.165) is 30.3 Å². The van der Waals surface area contributed by atoms with Gasteiger partial charge in [0.15, 0.2) is 0 Å². The van der Waals surface area contributed by atoms with Crippen LogP contribution in [0.3, 0.4) is 0 Å². The number of fused-ring (bicyclic) bond motifs is 1. The highest BCUT2D eigenvalue weighted by Crippen LogP contribution is 2.22. The fourth-order valence-corrected chi connectivity index (χ4v) is 4.12. The Bertz CT molecular complexity index is 1180. The Morgan fingerprint density at radius 1 is 1.13 bits per heavy atom. The SMILES string of the molecule is Cn1c(=O)cc(C(=O)Nc2cccc(CN3CCCC3C(N)=O)c2)c2ccccc21. The van der Waals surface area contributed by atoms with Crippen LogP contribution in [0, 0.1) is 0 Å². The van der Waals surface area contributed by atoms with Gasteiger partial charge in [0.1, 0.15) is 0 Å². The minimum atomic E-state index is -0.336. The lowest BCUT2D eigenvalue weighted by Gasteiger charge is -2.22. The first-order valence-electron chi connectivity index (χ1n) is 9.96. The van der Waals surface area contributed by atoms with E-state index < -0.39 is 0 Å². The number of aromatic nitrogens is 1. The number of aryl methyl sites for hydroxylation is 1. The van der Waals surface area contributed by atoms with Gasteiger partial charge in [-0.05, 0) is 43.1 Å². The molecule has 154 valence electrons. The molecule has 1 aliphatic heterocycles. The number of para-hydroxylation sites is 1. The van der Waals surface area contributed by atoms with Crippen molar-refractivity contribution in [1.82, 2.24) is 9.47 Å². The number of nitrogens with two attached hydrogens (primary N) is 1. The number of rotatable bonds is 5. The largest absolute Gasteiger partial charge is 0.368 e. The zero-order chi connectivity index (χ0) is 21.3. The average Bonchev–Trinajstić information content (AvgIpc) is 3.19. The molecule has 0 radical (unpaired) electrons. The summed E-state index contributed by atoms with van der Waals surface area (Å²) < 4.78 is 1.53. The summed E-state index contributed by atoms with van der Waals surface area (Å²) in [6, 6.07) is 16.0. The number of primary amides is 1. The van der Waals surface area contributed by atoms with Gasteiger partial charge in [0.2, 0.25) is 5.91 Å². The van der Waals surface area contributed by atoms with E-state index in [4.69, 9.17) is 5.73 Å². The van der Waals surface area contributed by atoms with Gasteiger partial charge < -0.3 is 15.6 Å². The molecule has 0 aliphatic carbocycles. The van der Waals surface area contributed by atoms with Crippen molar-refractivity contribution in [2.75, 3.05) is 11.9 Å². The maximum atomic E-state index is 13.0. The molecule has 3 aromatic rings. The van der Waals surface area contributed by atoms with Crippen LogP contribution in [0.25, 0.3) is 10.9 Å². The Morgan fingerprint density at radius 3 is 2.73 bits per heavy atom. The molecule has 1 unspecified atom stereocenters. The van der Waals surface area contributed by atoms with E-state index >= 15 is 0 Å². The van der Waals surface area contributed by atoms with Crippen molar-refractivity contribution in [3.63, 3.8) is 0 Å². The third kappa shape index (κ3) is 3.84. The Labute approximate surface area is 174 Å². The predicted octanol–water partition coefficient (Wildman–Crippen LogP) is 2.24. The van der Waals surface area contributed by atoms with Crippen LogP contribution in [0.4, 0.5) is 5.69 Å². The molecule has 1 saturated heterocycles. The van der Waals surface area contributed by atoms with E-state index in [9.17, 15) is 14.4 Å². The van der Waals surface area contributed by atoms with Crippen LogP contribution in [0.2, 0.25) is 0 Å². The quantitative estimate of drug-likeness (QED) is 0.681. The summed E-state index contributed by atoms with van der Waals surface area (Å²) in [5.41, 5.74) is 7.93. The highest BCUT2D eigenvalue weighted by atomic mass is 16.2. The van der Waals surface area contributed by atoms with Gasteiger partial charge in [-0.15, -0.1) is 0 Å². The summed E-state index contributed by atoms with van der Waals surface area (Å²) >= 11 is 0. The Kier molecular flexibility index (Phi) is 5.37. The van der Waals surface area contributed by atoms with Crippen molar-refractivity contribution >= 4 is 28.4 Å². The van der Waals surface area contributed by atoms with Crippen LogP contribution in [-0.4, -0.2) is 33.9 Å². The van der Waals surface area contributed by atoms with Gasteiger partial charge in [-0.3, -0.25) is 19.3 Å². The van der Waals surface area contributed by atoms with Gasteiger partial charge in [-0.1, -0.05) is 30.3 Å². The number of benzene rings is 2. The van der Waals surface area contributed by atoms with Gasteiger partial charge in [-0.2, -0.15) is 0 Å². The second kappa shape index (κ2) is 8.12. The van der Waals surface area contributed by atoms with E-state index in [2.05, 4.69) is 10.2 Å². The fraction of sp³-hybridized carbons (Fsp3) is 0.261. The number of hydrogen-bond acceptors (Lipinski definition) is 4. The van der Waals surface area contributed by atoms with Crippen molar-refractivity contribution in [3.05, 3.63) is 76.1 Å². The Balaban J connectivity index is 1.57. The lowest BCUT2D eigenvalue weighted by molar-refractivity contribution is -0.122. The molecular weight excluding hydrogens is 380 g/mol. The molecule has 0 spiro atoms. The smallest absolute Gasteiger partial charge is 0.256 e. The lowest BCUT2D eigenvalue weighted by atomic mass is 10.1. The summed E-state index contributed by atoms with van der Waals surface area (Å²) in [4.78, 5) is 38.9. The molecule has 7 heteroatoms. The lowest BCUT2D eigenvalue weighted by Crippen LogP contribution is -2.39. The third-order valence-corrected chi connectivity index (χ3v) is 5.66. The number of nitrogens with one attached hydrogen (secondary N) is 1. The van der Waals surface area contributed by atoms with Crippen LogP contribution in [-0.2, 0) is 18.4 Å². The first-order chi connectivity index (χ1) is 14.4. The number of carbonyl (C=O) groups is 2. The molecule has 7 nitrogen and oxygen atoms in total. The van der Waals surface area contributed by atoms with Crippen LogP contribution in [0.5, 0.6) is 0 Å². The first-order valence-corrected chi connectivity index (χ1v) is 9.96. The summed E-state index contributed by atoms with van der Waals surface area (Å²) in [6.07, 6.45) is 1.72. The minimum Gasteiger partial charge on any atom is -0.368 e. The van der Waals surface area contributed by atoms with E-state index in [-0.39, 0.29) is 23.4 Å². The van der Waals surface area contributed by atoms with Gasteiger partial charge in [-0.25, -0.2) is 0 Å². The highest BCUT2D eigenvalue weighted by Gasteiger charge is 2.28. The molecule has 2 heterocycles. The van der Waals surface area contributed by atoms with Crippen LogP contribution in [0.15, 0.2) is 59.4 Å². The monoisotopic (exact) mass is 404 g/mol. The number of likely N-dealkylation sites (tertiary alicyclic amines) is 1. The maximum absolute atomic E-state index is 13.0. The zero-order valence-corrected chi connectivity index (χ0v) is 16.8. The molecule has 1 aromatic heterocycles. The predicted molar refractivity (Wildman–Crippen MR) is 116 cm³/mol. The minimum absolute atomic E-state index is 0.237. The van der Waals surface area contributed by atoms with Crippen molar-refractivity contribution in [3.8, 4) is 0 Å². The second-order valence-electron chi connectivity index (χ2n) is 7.66. The molecule has 0 bridgehead atoms. The highest BCUT2D eigenvalue weighted by molar-refractivity contribution is 6.12. The molecule has 3 N–H and O–H groups in total. The molecule has 30 heavy (non-hydrogen) atoms. The second-order valence-corrected chi connectivity index (χ2v) is 7.66. The van der Waals surface area contributed by atoms with E-state index in [1.807, 2.05) is 42.5 Å². The number of hydrogen-bond donors (Lipinski definition) is 2. The van der Waals surface area contributed by atoms with Crippen molar-refractivity contribution in [1.29, 1.82) is 0 Å². The topological polar surface area (TPSA) is 97.4 Å². The Hall–Kier alpha value is -3.45. The van der Waals surface area contributed by atoms with E-state index in [1.54, 1.807) is 13.1 Å². The standard InChI is InChI=1S/C23H24N4O3/c1-26-19-9-3-2-8-17(19)18(13-21(26)28)23(30)25-16-7-4-6-15(12-16)14-27-11-5-10-20(27)22(24)29/h2-4,6-9,12-13,20H,5,10-11,14H2,1H3,(H2,24,29)(H,25,30). The van der Waals surface area contributed by atoms with Crippen LogP contribution in [0.1, 0.15) is 28.8 Å². The van der Waals surface area contributed by atoms with Gasteiger partial charge in [0.25, 0.3) is 11.5 Å². The summed E-state index contributed by atoms with van der Waals surface area (Å²) in [5.74, 6) is -0.633. The van der Waals surface area contributed by atoms with Gasteiger partial charge >= 0.3 is 0 Å². The van der Waals surface area contributed by atoms with Crippen molar-refractivity contribution < 1.29 is 9.59 Å². The molecule has 1 fully saturated rings. The summed E-state index contributed by atoms with van der Waals surface area (Å²) in [5, 5.41) is 3.62. The maximum Gasteiger partial charge on any atom is 0.256 e. The first kappa shape index (κ1) is 19.8. The van der Waals surface area contributed by atoms with Crippen molar-refractivity contribution in [2.24, 2.45) is 12.8 Å². The Morgan fingerprint density at radius 2 is 1.93 bits per heavy atom. The normalized spacial score (nSPS) is 16.6. The summed E-state index contributed by atoms with van der Waals surface area (Å²) in [7, 11) is 1.69. The van der Waals surface area contributed by atoms with Crippen LogP contribution < -0.4 is 16.6 Å². The van der Waals surface area contributed by atoms with Crippen molar-refractivity contribution in [2.45, 2.75) is 25.4 Å². The molecule has 0 saturated carbocycles. The average molecular weight is 404 g/mol. The van der Waals surface area contributed by atoms with Gasteiger partial charge in [0.05, 0.1) is 17.1 Å². The number of anilines is 1.